The Bertz CT molecular complexity index is 440. The second-order valence-electron chi connectivity index (χ2n) is 4.96. The molecule has 0 radical (unpaired) electrons. The quantitative estimate of drug-likeness (QED) is 0.835. The van der Waals surface area contributed by atoms with Gasteiger partial charge < -0.3 is 20.5 Å². The standard InChI is InChI=1S/C15H22N2O3/c1-2-11(10-16)8-14(18)17-13-5-3-4-12(9-13)15-19-6-7-20-15/h3-5,9,11,15H,2,6-8,10,16H2,1H3,(H,17,18). The van der Waals surface area contributed by atoms with Crippen molar-refractivity contribution < 1.29 is 14.3 Å². The molecule has 1 aromatic rings. The van der Waals surface area contributed by atoms with Crippen molar-refractivity contribution in [3.05, 3.63) is 29.8 Å². The van der Waals surface area contributed by atoms with Gasteiger partial charge in [-0.3, -0.25) is 4.79 Å². The van der Waals surface area contributed by atoms with Crippen molar-refractivity contribution in [1.82, 2.24) is 0 Å². The van der Waals surface area contributed by atoms with Crippen LogP contribution in [0.4, 0.5) is 5.69 Å². The number of carbonyl (C=O) groups is 1. The molecule has 1 unspecified atom stereocenters. The van der Waals surface area contributed by atoms with Crippen molar-refractivity contribution in [2.24, 2.45) is 11.7 Å². The summed E-state index contributed by atoms with van der Waals surface area (Å²) in [5.41, 5.74) is 7.30. The Morgan fingerprint density at radius 2 is 2.20 bits per heavy atom. The summed E-state index contributed by atoms with van der Waals surface area (Å²) in [6, 6.07) is 7.56. The fourth-order valence-corrected chi connectivity index (χ4v) is 2.18. The highest BCUT2D eigenvalue weighted by atomic mass is 16.7. The van der Waals surface area contributed by atoms with E-state index < -0.39 is 0 Å². The van der Waals surface area contributed by atoms with Crippen molar-refractivity contribution in [2.45, 2.75) is 26.1 Å². The molecule has 0 bridgehead atoms. The second kappa shape index (κ2) is 7.38. The van der Waals surface area contributed by atoms with Crippen LogP contribution >= 0.6 is 0 Å². The molecule has 20 heavy (non-hydrogen) atoms. The zero-order valence-electron chi connectivity index (χ0n) is 11.8. The minimum atomic E-state index is -0.320. The summed E-state index contributed by atoms with van der Waals surface area (Å²) in [6.45, 7) is 3.79. The Balaban J connectivity index is 1.95. The molecule has 5 heteroatoms. The molecular weight excluding hydrogens is 256 g/mol. The van der Waals surface area contributed by atoms with E-state index in [1.165, 1.54) is 0 Å². The molecule has 0 aliphatic carbocycles. The van der Waals surface area contributed by atoms with Gasteiger partial charge in [-0.15, -0.1) is 0 Å². The molecule has 1 atom stereocenters. The molecule has 2 rings (SSSR count). The van der Waals surface area contributed by atoms with Crippen molar-refractivity contribution in [3.63, 3.8) is 0 Å². The maximum atomic E-state index is 11.9. The third kappa shape index (κ3) is 4.03. The Labute approximate surface area is 119 Å². The van der Waals surface area contributed by atoms with Gasteiger partial charge in [-0.2, -0.15) is 0 Å². The van der Waals surface area contributed by atoms with Gasteiger partial charge >= 0.3 is 0 Å². The number of carbonyl (C=O) groups excluding carboxylic acids is 1. The zero-order chi connectivity index (χ0) is 14.4. The highest BCUT2D eigenvalue weighted by Gasteiger charge is 2.18. The number of hydrogen-bond acceptors (Lipinski definition) is 4. The van der Waals surface area contributed by atoms with Gasteiger partial charge in [0, 0.05) is 17.7 Å². The van der Waals surface area contributed by atoms with Crippen LogP contribution in [0.5, 0.6) is 0 Å². The topological polar surface area (TPSA) is 73.6 Å². The Hall–Kier alpha value is -1.43. The molecule has 1 aromatic carbocycles. The van der Waals surface area contributed by atoms with Crippen LogP contribution in [0.15, 0.2) is 24.3 Å². The lowest BCUT2D eigenvalue weighted by molar-refractivity contribution is -0.117. The Morgan fingerprint density at radius 1 is 1.45 bits per heavy atom. The van der Waals surface area contributed by atoms with Crippen LogP contribution in [0.3, 0.4) is 0 Å². The van der Waals surface area contributed by atoms with Gasteiger partial charge in [0.25, 0.3) is 0 Å². The largest absolute Gasteiger partial charge is 0.346 e. The van der Waals surface area contributed by atoms with Crippen LogP contribution in [-0.2, 0) is 14.3 Å². The first-order chi connectivity index (χ1) is 9.72. The van der Waals surface area contributed by atoms with Gasteiger partial charge in [0.2, 0.25) is 5.91 Å². The number of nitrogens with two attached hydrogens (primary N) is 1. The lowest BCUT2D eigenvalue weighted by Gasteiger charge is -2.14. The van der Waals surface area contributed by atoms with E-state index in [-0.39, 0.29) is 18.1 Å². The highest BCUT2D eigenvalue weighted by Crippen LogP contribution is 2.25. The number of nitrogens with one attached hydrogen (secondary N) is 1. The van der Waals surface area contributed by atoms with E-state index in [2.05, 4.69) is 5.32 Å². The first-order valence-electron chi connectivity index (χ1n) is 7.06. The van der Waals surface area contributed by atoms with E-state index in [1.807, 2.05) is 31.2 Å². The molecular formula is C15H22N2O3. The third-order valence-electron chi connectivity index (χ3n) is 3.45. The predicted molar refractivity (Wildman–Crippen MR) is 77.2 cm³/mol. The molecule has 110 valence electrons. The molecule has 0 spiro atoms. The molecule has 1 amide bonds. The SMILES string of the molecule is CCC(CN)CC(=O)Nc1cccc(C2OCCO2)c1. The minimum Gasteiger partial charge on any atom is -0.346 e. The first kappa shape index (κ1) is 15.0. The maximum Gasteiger partial charge on any atom is 0.224 e. The van der Waals surface area contributed by atoms with Crippen molar-refractivity contribution in [1.29, 1.82) is 0 Å². The van der Waals surface area contributed by atoms with Gasteiger partial charge in [0.1, 0.15) is 0 Å². The number of ether oxygens (including phenoxy) is 2. The molecule has 3 N–H and O–H groups in total. The fourth-order valence-electron chi connectivity index (χ4n) is 2.18. The van der Waals surface area contributed by atoms with Crippen LogP contribution in [0, 0.1) is 5.92 Å². The molecule has 5 nitrogen and oxygen atoms in total. The number of rotatable bonds is 6. The van der Waals surface area contributed by atoms with E-state index in [0.717, 1.165) is 17.7 Å². The summed E-state index contributed by atoms with van der Waals surface area (Å²) in [5.74, 6) is 0.229. The molecule has 1 saturated heterocycles. The van der Waals surface area contributed by atoms with E-state index >= 15 is 0 Å². The Kier molecular flexibility index (Phi) is 5.52. The minimum absolute atomic E-state index is 0.00675. The Morgan fingerprint density at radius 3 is 2.85 bits per heavy atom. The molecule has 0 aromatic heterocycles. The average Bonchev–Trinajstić information content (AvgIpc) is 2.99. The molecule has 1 heterocycles. The lowest BCUT2D eigenvalue weighted by Crippen LogP contribution is -2.21. The van der Waals surface area contributed by atoms with E-state index in [1.54, 1.807) is 0 Å². The summed E-state index contributed by atoms with van der Waals surface area (Å²) in [6.07, 6.45) is 1.04. The monoisotopic (exact) mass is 278 g/mol. The number of anilines is 1. The van der Waals surface area contributed by atoms with E-state index in [0.29, 0.717) is 26.2 Å². The molecule has 1 aliphatic rings. The molecule has 0 saturated carbocycles. The van der Waals surface area contributed by atoms with E-state index in [9.17, 15) is 4.79 Å². The summed E-state index contributed by atoms with van der Waals surface area (Å²) in [5, 5.41) is 2.90. The number of amides is 1. The normalized spacial score (nSPS) is 17.1. The van der Waals surface area contributed by atoms with Gasteiger partial charge in [-0.25, -0.2) is 0 Å². The van der Waals surface area contributed by atoms with Crippen molar-refractivity contribution >= 4 is 11.6 Å². The summed E-state index contributed by atoms with van der Waals surface area (Å²) < 4.78 is 10.9. The highest BCUT2D eigenvalue weighted by molar-refractivity contribution is 5.90. The number of benzene rings is 1. The summed E-state index contributed by atoms with van der Waals surface area (Å²) >= 11 is 0. The maximum absolute atomic E-state index is 11.9. The van der Waals surface area contributed by atoms with Crippen LogP contribution in [-0.4, -0.2) is 25.7 Å². The molecule has 1 aliphatic heterocycles. The van der Waals surface area contributed by atoms with Crippen LogP contribution in [0.2, 0.25) is 0 Å². The van der Waals surface area contributed by atoms with Crippen LogP contribution in [0.25, 0.3) is 0 Å². The predicted octanol–water partition coefficient (Wildman–Crippen LogP) is 2.05. The van der Waals surface area contributed by atoms with Gasteiger partial charge in [0.15, 0.2) is 6.29 Å². The van der Waals surface area contributed by atoms with Gasteiger partial charge in [0.05, 0.1) is 13.2 Å². The summed E-state index contributed by atoms with van der Waals surface area (Å²) in [7, 11) is 0. The second-order valence-corrected chi connectivity index (χ2v) is 4.96. The average molecular weight is 278 g/mol. The molecule has 1 fully saturated rings. The van der Waals surface area contributed by atoms with Crippen LogP contribution in [0.1, 0.15) is 31.6 Å². The smallest absolute Gasteiger partial charge is 0.224 e. The van der Waals surface area contributed by atoms with Crippen LogP contribution < -0.4 is 11.1 Å². The van der Waals surface area contributed by atoms with Gasteiger partial charge in [-0.05, 0) is 24.6 Å². The van der Waals surface area contributed by atoms with Crippen molar-refractivity contribution in [3.8, 4) is 0 Å². The number of hydrogen-bond donors (Lipinski definition) is 2. The lowest BCUT2D eigenvalue weighted by atomic mass is 10.0. The summed E-state index contributed by atoms with van der Waals surface area (Å²) in [4.78, 5) is 11.9. The van der Waals surface area contributed by atoms with Gasteiger partial charge in [-0.1, -0.05) is 25.5 Å². The fraction of sp³-hybridized carbons (Fsp3) is 0.533. The third-order valence-corrected chi connectivity index (χ3v) is 3.45. The van der Waals surface area contributed by atoms with E-state index in [4.69, 9.17) is 15.2 Å². The zero-order valence-corrected chi connectivity index (χ0v) is 11.8. The first-order valence-corrected chi connectivity index (χ1v) is 7.06. The van der Waals surface area contributed by atoms with Crippen molar-refractivity contribution in [2.75, 3.05) is 25.1 Å².